The van der Waals surface area contributed by atoms with Crippen LogP contribution in [0.15, 0.2) is 48.5 Å². The zero-order valence-electron chi connectivity index (χ0n) is 12.0. The molecule has 2 atom stereocenters. The maximum atomic E-state index is 11.2. The minimum atomic E-state index is -0.972. The van der Waals surface area contributed by atoms with Gasteiger partial charge in [-0.3, -0.25) is 4.79 Å². The average Bonchev–Trinajstić information content (AvgIpc) is 3.05. The number of carbonyl (C=O) groups is 2. The molecule has 7 nitrogen and oxygen atoms in total. The minimum Gasteiger partial charge on any atom is -0.480 e. The fourth-order valence-corrected chi connectivity index (χ4v) is 2.56. The fourth-order valence-electron chi connectivity index (χ4n) is 2.56. The normalized spacial score (nSPS) is 20.3. The van der Waals surface area contributed by atoms with Crippen LogP contribution in [0.2, 0.25) is 0 Å². The lowest BCUT2D eigenvalue weighted by molar-refractivity contribution is -0.139. The van der Waals surface area contributed by atoms with Crippen LogP contribution in [0.25, 0.3) is 11.1 Å². The molecular formula is C16H15N3O4. The molecule has 1 fully saturated rings. The van der Waals surface area contributed by atoms with Crippen LogP contribution < -0.4 is 16.4 Å². The molecule has 23 heavy (non-hydrogen) atoms. The minimum absolute atomic E-state index is 0.225. The summed E-state index contributed by atoms with van der Waals surface area (Å²) in [6.07, 6.45) is 0. The van der Waals surface area contributed by atoms with Gasteiger partial charge in [-0.1, -0.05) is 36.4 Å². The first-order valence-corrected chi connectivity index (χ1v) is 6.99. The lowest BCUT2D eigenvalue weighted by Crippen LogP contribution is -2.38. The summed E-state index contributed by atoms with van der Waals surface area (Å²) in [5.41, 5.74) is 10.8. The van der Waals surface area contributed by atoms with Gasteiger partial charge in [0, 0.05) is 0 Å². The van der Waals surface area contributed by atoms with Gasteiger partial charge in [0.25, 0.3) is 0 Å². The Morgan fingerprint density at radius 1 is 0.913 bits per heavy atom. The van der Waals surface area contributed by atoms with Crippen LogP contribution in [-0.4, -0.2) is 28.2 Å². The molecular weight excluding hydrogens is 298 g/mol. The van der Waals surface area contributed by atoms with Crippen molar-refractivity contribution >= 4 is 11.9 Å². The first-order chi connectivity index (χ1) is 11.1. The monoisotopic (exact) mass is 313 g/mol. The topological polar surface area (TPSA) is 111 Å². The van der Waals surface area contributed by atoms with Gasteiger partial charge in [-0.2, -0.15) is 5.53 Å². The second-order valence-corrected chi connectivity index (χ2v) is 5.22. The highest BCUT2D eigenvalue weighted by Crippen LogP contribution is 2.25. The van der Waals surface area contributed by atoms with E-state index < -0.39 is 24.0 Å². The molecule has 7 heteroatoms. The number of hydrogen-bond acceptors (Lipinski definition) is 5. The second kappa shape index (κ2) is 6.17. The molecule has 0 bridgehead atoms. The van der Waals surface area contributed by atoms with Gasteiger partial charge in [-0.05, 0) is 28.8 Å². The Balaban J connectivity index is 1.86. The number of hydrogen-bond donors (Lipinski definition) is 5. The molecule has 2 aromatic rings. The van der Waals surface area contributed by atoms with E-state index in [2.05, 4.69) is 16.4 Å². The largest absolute Gasteiger partial charge is 0.480 e. The molecule has 118 valence electrons. The van der Waals surface area contributed by atoms with E-state index in [-0.39, 0.29) is 5.56 Å². The molecule has 0 radical (unpaired) electrons. The molecule has 1 heterocycles. The Hall–Kier alpha value is -2.74. The summed E-state index contributed by atoms with van der Waals surface area (Å²) in [6, 6.07) is 12.8. The molecule has 1 saturated heterocycles. The van der Waals surface area contributed by atoms with Gasteiger partial charge in [0.15, 0.2) is 0 Å². The summed E-state index contributed by atoms with van der Waals surface area (Å²) in [5, 5.41) is 18.2. The van der Waals surface area contributed by atoms with Crippen LogP contribution in [0.1, 0.15) is 22.0 Å². The van der Waals surface area contributed by atoms with E-state index >= 15 is 0 Å². The third-order valence-corrected chi connectivity index (χ3v) is 3.77. The number of nitrogens with one attached hydrogen (secondary N) is 3. The van der Waals surface area contributed by atoms with E-state index in [0.717, 1.165) is 16.7 Å². The molecule has 0 aromatic heterocycles. The van der Waals surface area contributed by atoms with Gasteiger partial charge < -0.3 is 10.2 Å². The van der Waals surface area contributed by atoms with Crippen LogP contribution in [0.5, 0.6) is 0 Å². The zero-order valence-corrected chi connectivity index (χ0v) is 12.0. The van der Waals surface area contributed by atoms with Gasteiger partial charge in [-0.25, -0.2) is 15.6 Å². The number of aromatic carboxylic acids is 1. The quantitative estimate of drug-likeness (QED) is 0.576. The van der Waals surface area contributed by atoms with Gasteiger partial charge in [0.2, 0.25) is 0 Å². The predicted octanol–water partition coefficient (Wildman–Crippen LogP) is 1.16. The van der Waals surface area contributed by atoms with E-state index in [9.17, 15) is 9.59 Å². The molecule has 1 aliphatic heterocycles. The van der Waals surface area contributed by atoms with Crippen molar-refractivity contribution < 1.29 is 19.8 Å². The first kappa shape index (κ1) is 15.2. The highest BCUT2D eigenvalue weighted by molar-refractivity contribution is 5.89. The lowest BCUT2D eigenvalue weighted by atomic mass is 9.97. The van der Waals surface area contributed by atoms with Crippen LogP contribution in [-0.2, 0) is 4.79 Å². The number of hydrazine groups is 2. The van der Waals surface area contributed by atoms with Crippen LogP contribution in [0.3, 0.4) is 0 Å². The Morgan fingerprint density at radius 3 is 2.30 bits per heavy atom. The van der Waals surface area contributed by atoms with Gasteiger partial charge >= 0.3 is 11.9 Å². The molecule has 0 spiro atoms. The first-order valence-electron chi connectivity index (χ1n) is 6.99. The van der Waals surface area contributed by atoms with E-state index in [1.807, 2.05) is 30.3 Å². The van der Waals surface area contributed by atoms with Crippen LogP contribution in [0.4, 0.5) is 0 Å². The summed E-state index contributed by atoms with van der Waals surface area (Å²) in [4.78, 5) is 22.2. The second-order valence-electron chi connectivity index (χ2n) is 5.22. The Bertz CT molecular complexity index is 745. The van der Waals surface area contributed by atoms with Crippen molar-refractivity contribution in [2.75, 3.05) is 0 Å². The third-order valence-electron chi connectivity index (χ3n) is 3.77. The van der Waals surface area contributed by atoms with Crippen molar-refractivity contribution in [2.24, 2.45) is 0 Å². The summed E-state index contributed by atoms with van der Waals surface area (Å²) in [5.74, 6) is -1.93. The standard InChI is InChI=1S/C16H15N3O4/c20-15(21)12-3-1-2-11(8-12)9-4-6-10(7-5-9)13-14(16(22)23)18-19-17-13/h1-8,13-14,17-19H,(H,20,21)(H,22,23). The van der Waals surface area contributed by atoms with E-state index in [1.165, 1.54) is 6.07 Å². The van der Waals surface area contributed by atoms with E-state index in [4.69, 9.17) is 10.2 Å². The Morgan fingerprint density at radius 2 is 1.65 bits per heavy atom. The highest BCUT2D eigenvalue weighted by atomic mass is 16.4. The van der Waals surface area contributed by atoms with Gasteiger partial charge in [0.05, 0.1) is 11.6 Å². The average molecular weight is 313 g/mol. The maximum absolute atomic E-state index is 11.2. The fraction of sp³-hybridized carbons (Fsp3) is 0.125. The number of aliphatic carboxylic acids is 1. The van der Waals surface area contributed by atoms with E-state index in [0.29, 0.717) is 0 Å². The molecule has 2 aromatic carbocycles. The van der Waals surface area contributed by atoms with Gasteiger partial charge in [0.1, 0.15) is 6.04 Å². The molecule has 0 amide bonds. The van der Waals surface area contributed by atoms with Gasteiger partial charge in [-0.15, -0.1) is 0 Å². The summed E-state index contributed by atoms with van der Waals surface area (Å²) in [7, 11) is 0. The molecule has 1 aliphatic rings. The number of rotatable bonds is 4. The Labute approximate surface area is 131 Å². The maximum Gasteiger partial charge on any atom is 0.335 e. The third kappa shape index (κ3) is 3.07. The van der Waals surface area contributed by atoms with Crippen molar-refractivity contribution in [3.8, 4) is 11.1 Å². The van der Waals surface area contributed by atoms with Crippen LogP contribution >= 0.6 is 0 Å². The number of carboxylic acid groups (broad SMARTS) is 2. The summed E-state index contributed by atoms with van der Waals surface area (Å²) >= 11 is 0. The van der Waals surface area contributed by atoms with Crippen molar-refractivity contribution in [3.63, 3.8) is 0 Å². The molecule has 0 saturated carbocycles. The molecule has 0 aliphatic carbocycles. The number of carboxylic acids is 2. The van der Waals surface area contributed by atoms with Crippen molar-refractivity contribution in [1.29, 1.82) is 0 Å². The Kier molecular flexibility index (Phi) is 4.07. The lowest BCUT2D eigenvalue weighted by Gasteiger charge is -2.15. The van der Waals surface area contributed by atoms with Crippen molar-refractivity contribution in [2.45, 2.75) is 12.1 Å². The summed E-state index contributed by atoms with van der Waals surface area (Å²) < 4.78 is 0. The van der Waals surface area contributed by atoms with Crippen molar-refractivity contribution in [3.05, 3.63) is 59.7 Å². The molecule has 5 N–H and O–H groups in total. The molecule has 3 rings (SSSR count). The predicted molar refractivity (Wildman–Crippen MR) is 82.4 cm³/mol. The SMILES string of the molecule is O=C(O)c1cccc(-c2ccc(C3NNNC3C(=O)O)cc2)c1. The van der Waals surface area contributed by atoms with Crippen LogP contribution in [0, 0.1) is 0 Å². The highest BCUT2D eigenvalue weighted by Gasteiger charge is 2.33. The van der Waals surface area contributed by atoms with E-state index in [1.54, 1.807) is 12.1 Å². The molecule has 2 unspecified atom stereocenters. The number of benzene rings is 2. The summed E-state index contributed by atoms with van der Waals surface area (Å²) in [6.45, 7) is 0. The smallest absolute Gasteiger partial charge is 0.335 e. The zero-order chi connectivity index (χ0) is 16.4. The van der Waals surface area contributed by atoms with Crippen molar-refractivity contribution in [1.82, 2.24) is 16.4 Å².